The number of hydrogen-bond acceptors (Lipinski definition) is 7. The van der Waals surface area contributed by atoms with Crippen LogP contribution in [-0.2, 0) is 11.3 Å². The van der Waals surface area contributed by atoms with Crippen LogP contribution in [0.15, 0.2) is 75.9 Å². The molecular weight excluding hydrogens is 448 g/mol. The first kappa shape index (κ1) is 23.9. The van der Waals surface area contributed by atoms with E-state index in [9.17, 15) is 9.59 Å². The van der Waals surface area contributed by atoms with Gasteiger partial charge in [0.05, 0.1) is 24.7 Å². The van der Waals surface area contributed by atoms with Crippen LogP contribution in [0, 0.1) is 6.92 Å². The Kier molecular flexibility index (Phi) is 7.35. The minimum absolute atomic E-state index is 0.0869. The molecule has 7 nitrogen and oxygen atoms in total. The number of rotatable bonds is 9. The van der Waals surface area contributed by atoms with Gasteiger partial charge in [0.15, 0.2) is 0 Å². The van der Waals surface area contributed by atoms with Gasteiger partial charge in [-0.05, 0) is 67.4 Å². The van der Waals surface area contributed by atoms with Gasteiger partial charge in [0, 0.05) is 6.07 Å². The molecule has 0 aliphatic carbocycles. The molecule has 0 aliphatic rings. The van der Waals surface area contributed by atoms with E-state index in [-0.39, 0.29) is 11.2 Å². The highest BCUT2D eigenvalue weighted by Crippen LogP contribution is 2.28. The summed E-state index contributed by atoms with van der Waals surface area (Å²) in [6.07, 6.45) is 0.750. The number of esters is 1. The molecule has 35 heavy (non-hydrogen) atoms. The largest absolute Gasteiger partial charge is 0.497 e. The lowest BCUT2D eigenvalue weighted by Gasteiger charge is -2.11. The predicted molar refractivity (Wildman–Crippen MR) is 132 cm³/mol. The van der Waals surface area contributed by atoms with Crippen LogP contribution in [0.5, 0.6) is 23.0 Å². The van der Waals surface area contributed by atoms with Crippen molar-refractivity contribution in [3.05, 3.63) is 93.8 Å². The minimum atomic E-state index is -0.399. The molecule has 180 valence electrons. The second-order valence-corrected chi connectivity index (χ2v) is 7.88. The van der Waals surface area contributed by atoms with Gasteiger partial charge in [-0.1, -0.05) is 19.1 Å². The summed E-state index contributed by atoms with van der Waals surface area (Å²) in [5.41, 5.74) is 1.47. The van der Waals surface area contributed by atoms with Crippen molar-refractivity contribution < 1.29 is 28.2 Å². The van der Waals surface area contributed by atoms with Gasteiger partial charge in [-0.25, -0.2) is 4.79 Å². The van der Waals surface area contributed by atoms with E-state index in [2.05, 4.69) is 0 Å². The maximum absolute atomic E-state index is 13.1. The molecule has 0 amide bonds. The molecular formula is C28H26O7. The molecule has 0 saturated heterocycles. The van der Waals surface area contributed by atoms with Gasteiger partial charge in [-0.3, -0.25) is 4.79 Å². The summed E-state index contributed by atoms with van der Waals surface area (Å²) < 4.78 is 27.9. The molecule has 0 saturated carbocycles. The van der Waals surface area contributed by atoms with Crippen molar-refractivity contribution in [1.82, 2.24) is 0 Å². The Morgan fingerprint density at radius 3 is 2.46 bits per heavy atom. The SMILES string of the molecule is CCCOC(=O)c1ccc(Oc2c(C)oc3cc(OCc4cccc(OC)c4)ccc3c2=O)cc1. The third-order valence-electron chi connectivity index (χ3n) is 5.27. The Bertz CT molecular complexity index is 1390. The lowest BCUT2D eigenvalue weighted by molar-refractivity contribution is 0.0505. The number of hydrogen-bond donors (Lipinski definition) is 0. The van der Waals surface area contributed by atoms with E-state index in [4.69, 9.17) is 23.4 Å². The molecule has 0 N–H and O–H groups in total. The summed E-state index contributed by atoms with van der Waals surface area (Å²) in [5, 5.41) is 0.374. The van der Waals surface area contributed by atoms with Crippen molar-refractivity contribution in [3.8, 4) is 23.0 Å². The number of aryl methyl sites for hydroxylation is 1. The zero-order valence-electron chi connectivity index (χ0n) is 19.8. The summed E-state index contributed by atoms with van der Waals surface area (Å²) in [4.78, 5) is 25.1. The van der Waals surface area contributed by atoms with Gasteiger partial charge in [0.1, 0.15) is 35.2 Å². The average molecular weight is 475 g/mol. The molecule has 1 heterocycles. The lowest BCUT2D eigenvalue weighted by Crippen LogP contribution is -2.08. The Labute approximate surface area is 202 Å². The number of methoxy groups -OCH3 is 1. The summed E-state index contributed by atoms with van der Waals surface area (Å²) in [6.45, 7) is 4.30. The average Bonchev–Trinajstić information content (AvgIpc) is 2.88. The fraction of sp³-hybridized carbons (Fsp3) is 0.214. The summed E-state index contributed by atoms with van der Waals surface area (Å²) in [7, 11) is 1.62. The number of ether oxygens (including phenoxy) is 4. The molecule has 0 radical (unpaired) electrons. The maximum atomic E-state index is 13.1. The molecule has 7 heteroatoms. The predicted octanol–water partition coefficient (Wildman–Crippen LogP) is 6.05. The van der Waals surface area contributed by atoms with E-state index >= 15 is 0 Å². The standard InChI is InChI=1S/C28H26O7/c1-4-14-32-28(30)20-8-10-21(11-9-20)35-27-18(2)34-25-16-23(12-13-24(25)26(27)29)33-17-19-6-5-7-22(15-19)31-3/h5-13,15-16H,4,14,17H2,1-3H3. The van der Waals surface area contributed by atoms with E-state index in [1.165, 1.54) is 0 Å². The van der Waals surface area contributed by atoms with Crippen molar-refractivity contribution >= 4 is 16.9 Å². The number of carbonyl (C=O) groups is 1. The van der Waals surface area contributed by atoms with Gasteiger partial charge < -0.3 is 23.4 Å². The highest BCUT2D eigenvalue weighted by molar-refractivity contribution is 5.89. The first-order valence-electron chi connectivity index (χ1n) is 11.3. The zero-order chi connectivity index (χ0) is 24.8. The van der Waals surface area contributed by atoms with Gasteiger partial charge in [0.25, 0.3) is 0 Å². The van der Waals surface area contributed by atoms with Crippen molar-refractivity contribution in [2.45, 2.75) is 26.9 Å². The Morgan fingerprint density at radius 1 is 0.943 bits per heavy atom. The Hall–Kier alpha value is -4.26. The third kappa shape index (κ3) is 5.63. The fourth-order valence-electron chi connectivity index (χ4n) is 3.46. The van der Waals surface area contributed by atoms with E-state index in [1.807, 2.05) is 31.2 Å². The molecule has 4 aromatic rings. The highest BCUT2D eigenvalue weighted by Gasteiger charge is 2.15. The number of benzene rings is 3. The van der Waals surface area contributed by atoms with E-state index < -0.39 is 5.97 Å². The highest BCUT2D eigenvalue weighted by atomic mass is 16.5. The molecule has 0 fully saturated rings. The smallest absolute Gasteiger partial charge is 0.338 e. The van der Waals surface area contributed by atoms with Crippen LogP contribution in [0.3, 0.4) is 0 Å². The quantitative estimate of drug-likeness (QED) is 0.273. The van der Waals surface area contributed by atoms with Crippen LogP contribution in [0.2, 0.25) is 0 Å². The van der Waals surface area contributed by atoms with E-state index in [0.29, 0.717) is 47.0 Å². The third-order valence-corrected chi connectivity index (χ3v) is 5.27. The van der Waals surface area contributed by atoms with Crippen molar-refractivity contribution in [2.75, 3.05) is 13.7 Å². The topological polar surface area (TPSA) is 84.2 Å². The summed E-state index contributed by atoms with van der Waals surface area (Å²) in [6, 6.07) is 19.1. The second-order valence-electron chi connectivity index (χ2n) is 7.88. The van der Waals surface area contributed by atoms with Gasteiger partial charge in [-0.15, -0.1) is 0 Å². The van der Waals surface area contributed by atoms with Crippen LogP contribution in [0.4, 0.5) is 0 Å². The maximum Gasteiger partial charge on any atom is 0.338 e. The van der Waals surface area contributed by atoms with Crippen LogP contribution in [0.25, 0.3) is 11.0 Å². The van der Waals surface area contributed by atoms with Crippen LogP contribution >= 0.6 is 0 Å². The molecule has 0 aliphatic heterocycles. The van der Waals surface area contributed by atoms with Crippen molar-refractivity contribution in [2.24, 2.45) is 0 Å². The molecule has 0 unspecified atom stereocenters. The molecule has 4 rings (SSSR count). The second kappa shape index (κ2) is 10.8. The van der Waals surface area contributed by atoms with Gasteiger partial charge in [-0.2, -0.15) is 0 Å². The first-order chi connectivity index (χ1) is 17.0. The monoisotopic (exact) mass is 474 g/mol. The molecule has 0 bridgehead atoms. The summed E-state index contributed by atoms with van der Waals surface area (Å²) >= 11 is 0. The Morgan fingerprint density at radius 2 is 1.71 bits per heavy atom. The van der Waals surface area contributed by atoms with Crippen LogP contribution in [0.1, 0.15) is 35.0 Å². The normalized spacial score (nSPS) is 10.7. The number of fused-ring (bicyclic) bond motifs is 1. The van der Waals surface area contributed by atoms with Crippen LogP contribution < -0.4 is 19.6 Å². The molecule has 1 aromatic heterocycles. The number of carbonyl (C=O) groups excluding carboxylic acids is 1. The zero-order valence-corrected chi connectivity index (χ0v) is 19.8. The first-order valence-corrected chi connectivity index (χ1v) is 11.3. The molecule has 0 spiro atoms. The van der Waals surface area contributed by atoms with Gasteiger partial charge in [0.2, 0.25) is 11.2 Å². The van der Waals surface area contributed by atoms with E-state index in [1.54, 1.807) is 56.5 Å². The minimum Gasteiger partial charge on any atom is -0.497 e. The Balaban J connectivity index is 1.51. The molecule has 3 aromatic carbocycles. The van der Waals surface area contributed by atoms with Crippen molar-refractivity contribution in [1.29, 1.82) is 0 Å². The lowest BCUT2D eigenvalue weighted by atomic mass is 10.2. The molecule has 0 atom stereocenters. The van der Waals surface area contributed by atoms with Gasteiger partial charge >= 0.3 is 5.97 Å². The summed E-state index contributed by atoms with van der Waals surface area (Å²) in [5.74, 6) is 1.75. The van der Waals surface area contributed by atoms with Crippen molar-refractivity contribution in [3.63, 3.8) is 0 Å². The van der Waals surface area contributed by atoms with E-state index in [0.717, 1.165) is 17.7 Å². The van der Waals surface area contributed by atoms with Crippen LogP contribution in [-0.4, -0.2) is 19.7 Å². The fourth-order valence-corrected chi connectivity index (χ4v) is 3.46.